The van der Waals surface area contributed by atoms with E-state index in [2.05, 4.69) is 10.6 Å². The zero-order chi connectivity index (χ0) is 20.7. The summed E-state index contributed by atoms with van der Waals surface area (Å²) >= 11 is 0. The van der Waals surface area contributed by atoms with Gasteiger partial charge in [-0.25, -0.2) is 0 Å². The molecule has 7 nitrogen and oxygen atoms in total. The van der Waals surface area contributed by atoms with Crippen LogP contribution in [-0.2, 0) is 9.59 Å². The quantitative estimate of drug-likeness (QED) is 0.712. The van der Waals surface area contributed by atoms with Gasteiger partial charge >= 0.3 is 0 Å². The lowest BCUT2D eigenvalue weighted by Gasteiger charge is -2.13. The fourth-order valence-corrected chi connectivity index (χ4v) is 2.64. The molecule has 0 aliphatic rings. The number of methoxy groups -OCH3 is 3. The number of carbonyl (C=O) groups is 2. The number of amides is 2. The summed E-state index contributed by atoms with van der Waals surface area (Å²) in [6, 6.07) is 8.79. The summed E-state index contributed by atoms with van der Waals surface area (Å²) in [4.78, 5) is 23.6. The third kappa shape index (κ3) is 5.03. The van der Waals surface area contributed by atoms with E-state index < -0.39 is 0 Å². The fourth-order valence-electron chi connectivity index (χ4n) is 2.64. The van der Waals surface area contributed by atoms with Crippen molar-refractivity contribution in [2.45, 2.75) is 13.8 Å². The first-order valence-electron chi connectivity index (χ1n) is 8.55. The van der Waals surface area contributed by atoms with Crippen LogP contribution in [0.3, 0.4) is 0 Å². The van der Waals surface area contributed by atoms with Crippen LogP contribution in [0.15, 0.2) is 36.4 Å². The molecule has 28 heavy (non-hydrogen) atoms. The van der Waals surface area contributed by atoms with Gasteiger partial charge in [0.05, 0.1) is 21.3 Å². The Morgan fingerprint density at radius 3 is 2.00 bits per heavy atom. The molecule has 148 valence electrons. The number of ether oxygens (including phenoxy) is 3. The normalized spacial score (nSPS) is 10.5. The molecular weight excluding hydrogens is 360 g/mol. The number of nitrogens with one attached hydrogen (secondary N) is 2. The molecule has 0 aliphatic heterocycles. The lowest BCUT2D eigenvalue weighted by molar-refractivity contribution is -0.114. The van der Waals surface area contributed by atoms with Gasteiger partial charge in [-0.15, -0.1) is 0 Å². The summed E-state index contributed by atoms with van der Waals surface area (Å²) in [5, 5.41) is 5.54. The van der Waals surface area contributed by atoms with Crippen LogP contribution in [0.25, 0.3) is 6.08 Å². The van der Waals surface area contributed by atoms with Crippen LogP contribution in [-0.4, -0.2) is 33.1 Å². The van der Waals surface area contributed by atoms with Crippen LogP contribution in [0.5, 0.6) is 17.2 Å². The van der Waals surface area contributed by atoms with Crippen molar-refractivity contribution in [1.82, 2.24) is 0 Å². The molecule has 0 atom stereocenters. The molecule has 2 aromatic carbocycles. The van der Waals surface area contributed by atoms with E-state index in [1.54, 1.807) is 36.4 Å². The van der Waals surface area contributed by atoms with Crippen LogP contribution in [0.4, 0.5) is 11.4 Å². The first kappa shape index (κ1) is 20.8. The molecule has 2 rings (SSSR count). The summed E-state index contributed by atoms with van der Waals surface area (Å²) in [6.45, 7) is 3.26. The zero-order valence-electron chi connectivity index (χ0n) is 16.6. The van der Waals surface area contributed by atoms with Gasteiger partial charge in [0, 0.05) is 24.4 Å². The summed E-state index contributed by atoms with van der Waals surface area (Å²) in [5.74, 6) is 1.00. The SMILES string of the molecule is COc1cc(C=CC(=O)Nc2cccc(NC(C)=O)c2C)cc(OC)c1OC. The van der Waals surface area contributed by atoms with Crippen molar-refractivity contribution in [1.29, 1.82) is 0 Å². The Bertz CT molecular complexity index is 881. The van der Waals surface area contributed by atoms with E-state index in [0.717, 1.165) is 5.56 Å². The highest BCUT2D eigenvalue weighted by atomic mass is 16.5. The maximum Gasteiger partial charge on any atom is 0.248 e. The Morgan fingerprint density at radius 2 is 1.50 bits per heavy atom. The fraction of sp³-hybridized carbons (Fsp3) is 0.238. The first-order chi connectivity index (χ1) is 13.4. The van der Waals surface area contributed by atoms with Crippen LogP contribution in [0, 0.1) is 6.92 Å². The second kappa shape index (κ2) is 9.45. The van der Waals surface area contributed by atoms with E-state index in [1.165, 1.54) is 34.3 Å². The van der Waals surface area contributed by atoms with Gasteiger partial charge in [0.1, 0.15) is 0 Å². The number of benzene rings is 2. The summed E-state index contributed by atoms with van der Waals surface area (Å²) in [7, 11) is 4.59. The van der Waals surface area contributed by atoms with E-state index in [-0.39, 0.29) is 11.8 Å². The van der Waals surface area contributed by atoms with E-state index in [4.69, 9.17) is 14.2 Å². The Hall–Kier alpha value is -3.48. The number of hydrogen-bond acceptors (Lipinski definition) is 5. The van der Waals surface area contributed by atoms with Gasteiger partial charge in [-0.2, -0.15) is 0 Å². The maximum absolute atomic E-state index is 12.3. The molecule has 0 spiro atoms. The zero-order valence-corrected chi connectivity index (χ0v) is 16.6. The molecular formula is C21H24N2O5. The highest BCUT2D eigenvalue weighted by molar-refractivity contribution is 6.03. The minimum absolute atomic E-state index is 0.172. The van der Waals surface area contributed by atoms with Gasteiger partial charge in [0.25, 0.3) is 0 Å². The molecule has 0 saturated heterocycles. The number of carbonyl (C=O) groups excluding carboxylic acids is 2. The van der Waals surface area contributed by atoms with E-state index in [9.17, 15) is 9.59 Å². The monoisotopic (exact) mass is 384 g/mol. The average molecular weight is 384 g/mol. The molecule has 2 amide bonds. The third-order valence-corrected chi connectivity index (χ3v) is 4.02. The number of anilines is 2. The molecule has 0 aliphatic carbocycles. The predicted octanol–water partition coefficient (Wildman–Crippen LogP) is 3.63. The lowest BCUT2D eigenvalue weighted by Crippen LogP contribution is -2.12. The molecule has 0 aromatic heterocycles. The highest BCUT2D eigenvalue weighted by Crippen LogP contribution is 2.38. The topological polar surface area (TPSA) is 85.9 Å². The number of rotatable bonds is 7. The summed E-state index contributed by atoms with van der Waals surface area (Å²) < 4.78 is 15.9. The highest BCUT2D eigenvalue weighted by Gasteiger charge is 2.12. The molecule has 0 heterocycles. The molecule has 2 N–H and O–H groups in total. The van der Waals surface area contributed by atoms with Crippen molar-refractivity contribution < 1.29 is 23.8 Å². The smallest absolute Gasteiger partial charge is 0.248 e. The van der Waals surface area contributed by atoms with Crippen molar-refractivity contribution in [3.63, 3.8) is 0 Å². The van der Waals surface area contributed by atoms with E-state index in [1.807, 2.05) is 6.92 Å². The van der Waals surface area contributed by atoms with E-state index >= 15 is 0 Å². The van der Waals surface area contributed by atoms with Crippen LogP contribution in [0.1, 0.15) is 18.1 Å². The maximum atomic E-state index is 12.3. The molecule has 7 heteroatoms. The Kier molecular flexibility index (Phi) is 7.03. The van der Waals surface area contributed by atoms with Crippen LogP contribution >= 0.6 is 0 Å². The van der Waals surface area contributed by atoms with Gasteiger partial charge in [-0.3, -0.25) is 9.59 Å². The van der Waals surface area contributed by atoms with Gasteiger partial charge < -0.3 is 24.8 Å². The molecule has 0 unspecified atom stereocenters. The molecule has 0 saturated carbocycles. The predicted molar refractivity (Wildman–Crippen MR) is 109 cm³/mol. The van der Waals surface area contributed by atoms with Crippen molar-refractivity contribution in [3.8, 4) is 17.2 Å². The second-order valence-corrected chi connectivity index (χ2v) is 5.94. The van der Waals surface area contributed by atoms with Crippen molar-refractivity contribution in [2.75, 3.05) is 32.0 Å². The molecule has 0 bridgehead atoms. The van der Waals surface area contributed by atoms with Gasteiger partial charge in [-0.05, 0) is 48.4 Å². The van der Waals surface area contributed by atoms with Crippen molar-refractivity contribution in [2.24, 2.45) is 0 Å². The second-order valence-electron chi connectivity index (χ2n) is 5.94. The van der Waals surface area contributed by atoms with Gasteiger partial charge in [-0.1, -0.05) is 6.07 Å². The number of hydrogen-bond donors (Lipinski definition) is 2. The Balaban J connectivity index is 2.20. The standard InChI is InChI=1S/C21H24N2O5/c1-13-16(22-14(2)24)7-6-8-17(13)23-20(25)10-9-15-11-18(26-3)21(28-5)19(12-15)27-4/h6-12H,1-5H3,(H,22,24)(H,23,25). The average Bonchev–Trinajstić information content (AvgIpc) is 2.68. The molecule has 0 fully saturated rings. The molecule has 0 radical (unpaired) electrons. The van der Waals surface area contributed by atoms with E-state index in [0.29, 0.717) is 34.2 Å². The summed E-state index contributed by atoms with van der Waals surface area (Å²) in [5.41, 5.74) is 2.75. The largest absolute Gasteiger partial charge is 0.493 e. The van der Waals surface area contributed by atoms with Crippen molar-refractivity contribution >= 4 is 29.3 Å². The summed E-state index contributed by atoms with van der Waals surface area (Å²) in [6.07, 6.45) is 3.05. The first-order valence-corrected chi connectivity index (χ1v) is 8.55. The lowest BCUT2D eigenvalue weighted by atomic mass is 10.1. The van der Waals surface area contributed by atoms with Gasteiger partial charge in [0.2, 0.25) is 17.6 Å². The third-order valence-electron chi connectivity index (χ3n) is 4.02. The minimum Gasteiger partial charge on any atom is -0.493 e. The Labute approximate surface area is 164 Å². The van der Waals surface area contributed by atoms with Crippen LogP contribution in [0.2, 0.25) is 0 Å². The molecule has 2 aromatic rings. The van der Waals surface area contributed by atoms with Gasteiger partial charge in [0.15, 0.2) is 11.5 Å². The minimum atomic E-state index is -0.308. The Morgan fingerprint density at radius 1 is 0.929 bits per heavy atom. The van der Waals surface area contributed by atoms with Crippen LogP contribution < -0.4 is 24.8 Å². The van der Waals surface area contributed by atoms with Crippen molar-refractivity contribution in [3.05, 3.63) is 47.5 Å².